The van der Waals surface area contributed by atoms with E-state index < -0.39 is 0 Å². The molecule has 2 aromatic rings. The highest BCUT2D eigenvalue weighted by atomic mass is 16.5. The van der Waals surface area contributed by atoms with Crippen molar-refractivity contribution in [2.75, 3.05) is 23.0 Å². The van der Waals surface area contributed by atoms with Crippen LogP contribution in [0.15, 0.2) is 54.6 Å². The van der Waals surface area contributed by atoms with Crippen LogP contribution < -0.4 is 14.5 Å². The summed E-state index contributed by atoms with van der Waals surface area (Å²) in [4.78, 5) is 27.4. The molecule has 0 aromatic heterocycles. The van der Waals surface area contributed by atoms with Crippen LogP contribution in [0, 0.1) is 0 Å². The molecule has 112 valence electrons. The lowest BCUT2D eigenvalue weighted by Gasteiger charge is -2.17. The van der Waals surface area contributed by atoms with Crippen molar-refractivity contribution in [1.82, 2.24) is 0 Å². The van der Waals surface area contributed by atoms with Crippen molar-refractivity contribution in [2.45, 2.75) is 6.92 Å². The van der Waals surface area contributed by atoms with Crippen LogP contribution >= 0.6 is 0 Å². The lowest BCUT2D eigenvalue weighted by Crippen LogP contribution is -2.32. The average molecular weight is 296 g/mol. The molecule has 5 nitrogen and oxygen atoms in total. The van der Waals surface area contributed by atoms with Crippen LogP contribution in [-0.2, 0) is 4.79 Å². The summed E-state index contributed by atoms with van der Waals surface area (Å²) in [6.45, 7) is 2.54. The third kappa shape index (κ3) is 2.53. The molecule has 1 saturated heterocycles. The molecule has 0 spiro atoms. The molecule has 22 heavy (non-hydrogen) atoms. The van der Waals surface area contributed by atoms with Gasteiger partial charge in [0.15, 0.2) is 0 Å². The lowest BCUT2D eigenvalue weighted by atomic mass is 10.3. The van der Waals surface area contributed by atoms with Crippen molar-refractivity contribution in [3.05, 3.63) is 54.6 Å². The molecule has 3 amide bonds. The molecule has 0 atom stereocenters. The molecule has 3 rings (SSSR count). The summed E-state index contributed by atoms with van der Waals surface area (Å²) in [5.41, 5.74) is 1.27. The lowest BCUT2D eigenvalue weighted by molar-refractivity contribution is -0.115. The molecule has 0 bridgehead atoms. The number of rotatable bonds is 4. The molecule has 1 aliphatic heterocycles. The number of anilines is 2. The molecular formula is C17H16N2O3. The van der Waals surface area contributed by atoms with E-state index >= 15 is 0 Å². The van der Waals surface area contributed by atoms with Gasteiger partial charge < -0.3 is 4.74 Å². The maximum Gasteiger partial charge on any atom is 0.336 e. The molecule has 1 heterocycles. The largest absolute Gasteiger partial charge is 0.494 e. The van der Waals surface area contributed by atoms with Crippen molar-refractivity contribution in [2.24, 2.45) is 0 Å². The van der Waals surface area contributed by atoms with Gasteiger partial charge in [-0.15, -0.1) is 0 Å². The molecule has 1 aliphatic rings. The Morgan fingerprint density at radius 1 is 0.955 bits per heavy atom. The van der Waals surface area contributed by atoms with Gasteiger partial charge >= 0.3 is 6.03 Å². The summed E-state index contributed by atoms with van der Waals surface area (Å²) >= 11 is 0. The van der Waals surface area contributed by atoms with E-state index in [1.54, 1.807) is 48.5 Å². The van der Waals surface area contributed by atoms with Gasteiger partial charge in [0.05, 0.1) is 12.3 Å². The first kappa shape index (κ1) is 14.1. The zero-order valence-corrected chi connectivity index (χ0v) is 12.2. The van der Waals surface area contributed by atoms with Crippen LogP contribution in [-0.4, -0.2) is 25.1 Å². The van der Waals surface area contributed by atoms with Crippen LogP contribution in [0.5, 0.6) is 5.75 Å². The highest BCUT2D eigenvalue weighted by Gasteiger charge is 2.37. The molecule has 1 fully saturated rings. The first-order chi connectivity index (χ1) is 10.7. The summed E-state index contributed by atoms with van der Waals surface area (Å²) in [7, 11) is 0. The van der Waals surface area contributed by atoms with Gasteiger partial charge in [-0.3, -0.25) is 9.69 Å². The Hall–Kier alpha value is -2.82. The van der Waals surface area contributed by atoms with Crippen LogP contribution in [0.2, 0.25) is 0 Å². The van der Waals surface area contributed by atoms with Gasteiger partial charge in [0.2, 0.25) is 0 Å². The van der Waals surface area contributed by atoms with E-state index in [1.165, 1.54) is 9.80 Å². The molecule has 0 unspecified atom stereocenters. The Kier molecular flexibility index (Phi) is 3.78. The number of hydrogen-bond acceptors (Lipinski definition) is 3. The second kappa shape index (κ2) is 5.89. The fourth-order valence-electron chi connectivity index (χ4n) is 2.42. The Morgan fingerprint density at radius 2 is 1.64 bits per heavy atom. The van der Waals surface area contributed by atoms with Gasteiger partial charge in [-0.2, -0.15) is 0 Å². The Bertz CT molecular complexity index is 683. The van der Waals surface area contributed by atoms with Gasteiger partial charge in [0, 0.05) is 5.69 Å². The number of ether oxygens (including phenoxy) is 1. The van der Waals surface area contributed by atoms with Gasteiger partial charge in [-0.1, -0.05) is 18.2 Å². The van der Waals surface area contributed by atoms with Gasteiger partial charge in [0.25, 0.3) is 5.91 Å². The topological polar surface area (TPSA) is 49.9 Å². The number of carbonyl (C=O) groups excluding carboxylic acids is 2. The second-order valence-corrected chi connectivity index (χ2v) is 4.86. The summed E-state index contributed by atoms with van der Waals surface area (Å²) in [6, 6.07) is 15.8. The predicted molar refractivity (Wildman–Crippen MR) is 84.3 cm³/mol. The van der Waals surface area contributed by atoms with Gasteiger partial charge in [0.1, 0.15) is 12.3 Å². The Labute approximate surface area is 128 Å². The minimum absolute atomic E-state index is 0.0434. The van der Waals surface area contributed by atoms with E-state index in [0.29, 0.717) is 18.0 Å². The maximum atomic E-state index is 12.5. The SMILES string of the molecule is CCOc1ccc(N2CC(=O)N(c3ccccc3)C2=O)cc1. The Morgan fingerprint density at radius 3 is 2.27 bits per heavy atom. The number of para-hydroxylation sites is 1. The Balaban J connectivity index is 1.84. The summed E-state index contributed by atoms with van der Waals surface area (Å²) in [5.74, 6) is 0.509. The standard InChI is InChI=1S/C17H16N2O3/c1-2-22-15-10-8-13(9-11-15)18-12-16(20)19(17(18)21)14-6-4-3-5-7-14/h3-11H,2,12H2,1H3. The maximum absolute atomic E-state index is 12.5. The third-order valence-corrected chi connectivity index (χ3v) is 3.44. The summed E-state index contributed by atoms with van der Waals surface area (Å²) < 4.78 is 5.38. The predicted octanol–water partition coefficient (Wildman–Crippen LogP) is 3.06. The van der Waals surface area contributed by atoms with Gasteiger partial charge in [-0.05, 0) is 43.3 Å². The number of imide groups is 1. The van der Waals surface area contributed by atoms with Gasteiger partial charge in [-0.25, -0.2) is 9.69 Å². The minimum Gasteiger partial charge on any atom is -0.494 e. The average Bonchev–Trinajstić information content (AvgIpc) is 2.84. The normalized spacial score (nSPS) is 14.6. The van der Waals surface area contributed by atoms with E-state index in [2.05, 4.69) is 0 Å². The van der Waals surface area contributed by atoms with Crippen molar-refractivity contribution < 1.29 is 14.3 Å². The van der Waals surface area contributed by atoms with Crippen LogP contribution in [0.1, 0.15) is 6.92 Å². The van der Waals surface area contributed by atoms with Crippen molar-refractivity contribution >= 4 is 23.3 Å². The number of urea groups is 1. The minimum atomic E-state index is -0.333. The third-order valence-electron chi connectivity index (χ3n) is 3.44. The highest BCUT2D eigenvalue weighted by Crippen LogP contribution is 2.27. The number of carbonyl (C=O) groups is 2. The van der Waals surface area contributed by atoms with Crippen LogP contribution in [0.4, 0.5) is 16.2 Å². The first-order valence-electron chi connectivity index (χ1n) is 7.13. The first-order valence-corrected chi connectivity index (χ1v) is 7.13. The molecule has 2 aromatic carbocycles. The molecule has 5 heteroatoms. The molecule has 0 aliphatic carbocycles. The van der Waals surface area contributed by atoms with Crippen molar-refractivity contribution in [3.8, 4) is 5.75 Å². The highest BCUT2D eigenvalue weighted by molar-refractivity contribution is 6.26. The molecular weight excluding hydrogens is 280 g/mol. The zero-order valence-electron chi connectivity index (χ0n) is 12.2. The van der Waals surface area contributed by atoms with Crippen molar-refractivity contribution in [1.29, 1.82) is 0 Å². The van der Waals surface area contributed by atoms with E-state index in [1.807, 2.05) is 13.0 Å². The van der Waals surface area contributed by atoms with Crippen LogP contribution in [0.3, 0.4) is 0 Å². The monoisotopic (exact) mass is 296 g/mol. The number of nitrogens with zero attached hydrogens (tertiary/aromatic N) is 2. The fraction of sp³-hybridized carbons (Fsp3) is 0.176. The van der Waals surface area contributed by atoms with Crippen molar-refractivity contribution in [3.63, 3.8) is 0 Å². The van der Waals surface area contributed by atoms with E-state index in [9.17, 15) is 9.59 Å². The van der Waals surface area contributed by atoms with Crippen LogP contribution in [0.25, 0.3) is 0 Å². The van der Waals surface area contributed by atoms with E-state index in [0.717, 1.165) is 5.75 Å². The summed E-state index contributed by atoms with van der Waals surface area (Å²) in [5, 5.41) is 0. The molecule has 0 saturated carbocycles. The number of amides is 3. The quantitative estimate of drug-likeness (QED) is 0.815. The molecule has 0 N–H and O–H groups in total. The number of benzene rings is 2. The fourth-order valence-corrected chi connectivity index (χ4v) is 2.42. The van der Waals surface area contributed by atoms with E-state index in [4.69, 9.17) is 4.74 Å². The summed E-state index contributed by atoms with van der Waals surface area (Å²) in [6.07, 6.45) is 0. The number of hydrogen-bond donors (Lipinski definition) is 0. The van der Waals surface area contributed by atoms with E-state index in [-0.39, 0.29) is 18.5 Å². The second-order valence-electron chi connectivity index (χ2n) is 4.86. The zero-order chi connectivity index (χ0) is 15.5. The smallest absolute Gasteiger partial charge is 0.336 e. The molecule has 0 radical (unpaired) electrons.